The van der Waals surface area contributed by atoms with E-state index in [1.54, 1.807) is 12.1 Å². The molecule has 1 heterocycles. The van der Waals surface area contributed by atoms with Crippen molar-refractivity contribution in [1.82, 2.24) is 5.32 Å². The van der Waals surface area contributed by atoms with Crippen LogP contribution in [0.4, 0.5) is 0 Å². The third-order valence-corrected chi connectivity index (χ3v) is 5.21. The van der Waals surface area contributed by atoms with E-state index in [-0.39, 0.29) is 36.1 Å². The fourth-order valence-corrected chi connectivity index (χ4v) is 3.73. The first kappa shape index (κ1) is 20.9. The molecule has 3 aromatic rings. The van der Waals surface area contributed by atoms with E-state index in [4.69, 9.17) is 4.74 Å². The SMILES string of the molecule is Cl.O=C(O[C@H]1CNCC[C@@H]1c1cccc(O)c1)c1ccc(-c2ccccc2)cc1. The van der Waals surface area contributed by atoms with Crippen molar-refractivity contribution in [3.63, 3.8) is 0 Å². The van der Waals surface area contributed by atoms with E-state index in [0.29, 0.717) is 12.1 Å². The number of benzene rings is 3. The summed E-state index contributed by atoms with van der Waals surface area (Å²) < 4.78 is 5.85. The number of carbonyl (C=O) groups is 1. The Kier molecular flexibility index (Phi) is 6.91. The molecule has 150 valence electrons. The van der Waals surface area contributed by atoms with Crippen molar-refractivity contribution >= 4 is 18.4 Å². The number of carbonyl (C=O) groups excluding carboxylic acids is 1. The van der Waals surface area contributed by atoms with Crippen LogP contribution >= 0.6 is 12.4 Å². The molecule has 2 N–H and O–H groups in total. The Bertz CT molecular complexity index is 944. The van der Waals surface area contributed by atoms with Crippen LogP contribution in [0.15, 0.2) is 78.9 Å². The zero-order valence-electron chi connectivity index (χ0n) is 16.0. The minimum absolute atomic E-state index is 0. The fraction of sp³-hybridized carbons (Fsp3) is 0.208. The molecule has 1 aliphatic rings. The Hall–Kier alpha value is -2.82. The molecule has 29 heavy (non-hydrogen) atoms. The maximum atomic E-state index is 12.7. The highest BCUT2D eigenvalue weighted by molar-refractivity contribution is 5.90. The summed E-state index contributed by atoms with van der Waals surface area (Å²) in [5, 5.41) is 13.1. The smallest absolute Gasteiger partial charge is 0.338 e. The van der Waals surface area contributed by atoms with Gasteiger partial charge in [-0.2, -0.15) is 0 Å². The molecule has 0 radical (unpaired) electrons. The Morgan fingerprint density at radius 1 is 0.931 bits per heavy atom. The van der Waals surface area contributed by atoms with Crippen LogP contribution in [-0.4, -0.2) is 30.3 Å². The number of hydrogen-bond donors (Lipinski definition) is 2. The van der Waals surface area contributed by atoms with E-state index < -0.39 is 0 Å². The van der Waals surface area contributed by atoms with Crippen LogP contribution < -0.4 is 5.32 Å². The first-order valence-corrected chi connectivity index (χ1v) is 9.57. The molecular weight excluding hydrogens is 386 g/mol. The molecule has 0 bridgehead atoms. The van der Waals surface area contributed by atoms with Gasteiger partial charge in [0, 0.05) is 12.5 Å². The summed E-state index contributed by atoms with van der Waals surface area (Å²) in [6.45, 7) is 1.47. The van der Waals surface area contributed by atoms with Crippen LogP contribution in [-0.2, 0) is 4.74 Å². The first-order chi connectivity index (χ1) is 13.7. The second-order valence-corrected chi connectivity index (χ2v) is 7.08. The standard InChI is InChI=1S/C24H23NO3.ClH/c26-21-8-4-7-20(15-21)22-13-14-25-16-23(22)28-24(27)19-11-9-18(10-12-19)17-5-2-1-3-6-17;/h1-12,15,22-23,25-26H,13-14,16H2;1H/t22-,23+;/m1./s1. The van der Waals surface area contributed by atoms with Crippen molar-refractivity contribution in [2.45, 2.75) is 18.4 Å². The summed E-state index contributed by atoms with van der Waals surface area (Å²) in [5.41, 5.74) is 3.72. The molecule has 0 amide bonds. The summed E-state index contributed by atoms with van der Waals surface area (Å²) in [7, 11) is 0. The fourth-order valence-electron chi connectivity index (χ4n) is 3.73. The molecular formula is C24H24ClNO3. The van der Waals surface area contributed by atoms with Gasteiger partial charge in [-0.05, 0) is 53.9 Å². The van der Waals surface area contributed by atoms with E-state index in [1.165, 1.54) is 0 Å². The normalized spacial score (nSPS) is 18.5. The van der Waals surface area contributed by atoms with Gasteiger partial charge in [0.15, 0.2) is 0 Å². The van der Waals surface area contributed by atoms with Crippen molar-refractivity contribution in [1.29, 1.82) is 0 Å². The zero-order valence-corrected chi connectivity index (χ0v) is 16.8. The monoisotopic (exact) mass is 409 g/mol. The van der Waals surface area contributed by atoms with Crippen molar-refractivity contribution < 1.29 is 14.6 Å². The van der Waals surface area contributed by atoms with Crippen LogP contribution in [0.1, 0.15) is 28.3 Å². The van der Waals surface area contributed by atoms with E-state index in [9.17, 15) is 9.90 Å². The average Bonchev–Trinajstić information content (AvgIpc) is 2.75. The summed E-state index contributed by atoms with van der Waals surface area (Å²) in [6.07, 6.45) is 0.589. The van der Waals surface area contributed by atoms with E-state index in [2.05, 4.69) is 5.32 Å². The molecule has 0 aliphatic carbocycles. The lowest BCUT2D eigenvalue weighted by Gasteiger charge is -2.32. The van der Waals surface area contributed by atoms with Crippen LogP contribution in [0.5, 0.6) is 5.75 Å². The maximum Gasteiger partial charge on any atom is 0.338 e. The number of nitrogens with one attached hydrogen (secondary N) is 1. The molecule has 1 saturated heterocycles. The highest BCUT2D eigenvalue weighted by Gasteiger charge is 2.30. The third-order valence-electron chi connectivity index (χ3n) is 5.21. The highest BCUT2D eigenvalue weighted by Crippen LogP contribution is 2.30. The second kappa shape index (κ2) is 9.59. The van der Waals surface area contributed by atoms with E-state index >= 15 is 0 Å². The van der Waals surface area contributed by atoms with Gasteiger partial charge in [-0.15, -0.1) is 12.4 Å². The summed E-state index contributed by atoms with van der Waals surface area (Å²) in [6, 6.07) is 24.8. The maximum absolute atomic E-state index is 12.7. The highest BCUT2D eigenvalue weighted by atomic mass is 35.5. The molecule has 5 heteroatoms. The molecule has 0 saturated carbocycles. The number of esters is 1. The third kappa shape index (κ3) is 4.97. The van der Waals surface area contributed by atoms with E-state index in [1.807, 2.05) is 66.7 Å². The second-order valence-electron chi connectivity index (χ2n) is 7.08. The lowest BCUT2D eigenvalue weighted by molar-refractivity contribution is 0.0182. The molecule has 0 unspecified atom stereocenters. The summed E-state index contributed by atoms with van der Waals surface area (Å²) in [4.78, 5) is 12.7. The molecule has 0 aromatic heterocycles. The van der Waals surface area contributed by atoms with Gasteiger partial charge >= 0.3 is 5.97 Å². The predicted octanol–water partition coefficient (Wildman–Crippen LogP) is 4.78. The number of phenolic OH excluding ortho intramolecular Hbond substituents is 1. The summed E-state index contributed by atoms with van der Waals surface area (Å²) >= 11 is 0. The number of rotatable bonds is 4. The molecule has 0 spiro atoms. The number of halogens is 1. The van der Waals surface area contributed by atoms with Gasteiger partial charge in [0.2, 0.25) is 0 Å². The number of ether oxygens (including phenoxy) is 1. The summed E-state index contributed by atoms with van der Waals surface area (Å²) in [5.74, 6) is -0.0167. The quantitative estimate of drug-likeness (QED) is 0.608. The molecule has 3 aromatic carbocycles. The topological polar surface area (TPSA) is 58.6 Å². The molecule has 4 nitrogen and oxygen atoms in total. The van der Waals surface area contributed by atoms with Gasteiger partial charge in [0.05, 0.1) is 5.56 Å². The predicted molar refractivity (Wildman–Crippen MR) is 117 cm³/mol. The van der Waals surface area contributed by atoms with Crippen molar-refractivity contribution in [2.24, 2.45) is 0 Å². The lowest BCUT2D eigenvalue weighted by Crippen LogP contribution is -2.42. The van der Waals surface area contributed by atoms with Crippen molar-refractivity contribution in [2.75, 3.05) is 13.1 Å². The number of piperidine rings is 1. The van der Waals surface area contributed by atoms with Gasteiger partial charge in [-0.1, -0.05) is 54.6 Å². The van der Waals surface area contributed by atoms with Crippen LogP contribution in [0, 0.1) is 0 Å². The Balaban J connectivity index is 0.00000240. The molecule has 1 aliphatic heterocycles. The Labute approximate surface area is 177 Å². The molecule has 1 fully saturated rings. The molecule has 2 atom stereocenters. The number of hydrogen-bond acceptors (Lipinski definition) is 4. The van der Waals surface area contributed by atoms with Gasteiger partial charge in [-0.3, -0.25) is 0 Å². The van der Waals surface area contributed by atoms with Gasteiger partial charge in [0.25, 0.3) is 0 Å². The van der Waals surface area contributed by atoms with Crippen LogP contribution in [0.3, 0.4) is 0 Å². The van der Waals surface area contributed by atoms with Crippen molar-refractivity contribution in [3.05, 3.63) is 90.0 Å². The Morgan fingerprint density at radius 2 is 1.66 bits per heavy atom. The van der Waals surface area contributed by atoms with Gasteiger partial charge in [0.1, 0.15) is 11.9 Å². The van der Waals surface area contributed by atoms with Crippen LogP contribution in [0.2, 0.25) is 0 Å². The lowest BCUT2D eigenvalue weighted by atomic mass is 9.87. The van der Waals surface area contributed by atoms with Gasteiger partial charge < -0.3 is 15.2 Å². The minimum Gasteiger partial charge on any atom is -0.508 e. The zero-order chi connectivity index (χ0) is 19.3. The first-order valence-electron chi connectivity index (χ1n) is 9.57. The van der Waals surface area contributed by atoms with Crippen molar-refractivity contribution in [3.8, 4) is 16.9 Å². The number of phenols is 1. The van der Waals surface area contributed by atoms with Gasteiger partial charge in [-0.25, -0.2) is 4.79 Å². The van der Waals surface area contributed by atoms with E-state index in [0.717, 1.165) is 29.7 Å². The minimum atomic E-state index is -0.321. The average molecular weight is 410 g/mol. The van der Waals surface area contributed by atoms with Crippen LogP contribution in [0.25, 0.3) is 11.1 Å². The largest absolute Gasteiger partial charge is 0.508 e. The molecule has 4 rings (SSSR count). The Morgan fingerprint density at radius 3 is 2.38 bits per heavy atom. The number of aromatic hydroxyl groups is 1.